The van der Waals surface area contributed by atoms with E-state index in [0.717, 1.165) is 4.90 Å². The molecule has 1 atom stereocenters. The molecule has 1 aliphatic heterocycles. The van der Waals surface area contributed by atoms with Crippen LogP contribution in [0.2, 0.25) is 5.02 Å². The lowest BCUT2D eigenvalue weighted by Crippen LogP contribution is -2.45. The van der Waals surface area contributed by atoms with Gasteiger partial charge in [0, 0.05) is 30.0 Å². The Kier molecular flexibility index (Phi) is 5.87. The molecule has 8 nitrogen and oxygen atoms in total. The van der Waals surface area contributed by atoms with E-state index >= 15 is 0 Å². The molecule has 1 unspecified atom stereocenters. The maximum absolute atomic E-state index is 13.0. The van der Waals surface area contributed by atoms with Gasteiger partial charge in [0.15, 0.2) is 5.78 Å². The normalized spacial score (nSPS) is 19.5. The van der Waals surface area contributed by atoms with E-state index in [-0.39, 0.29) is 57.6 Å². The monoisotopic (exact) mass is 474 g/mol. The van der Waals surface area contributed by atoms with Crippen molar-refractivity contribution in [1.29, 1.82) is 0 Å². The highest BCUT2D eigenvalue weighted by molar-refractivity contribution is 7.92. The van der Waals surface area contributed by atoms with Crippen molar-refractivity contribution >= 4 is 50.7 Å². The lowest BCUT2D eigenvalue weighted by molar-refractivity contribution is -0.125. The van der Waals surface area contributed by atoms with Crippen LogP contribution in [-0.2, 0) is 19.6 Å². The van der Waals surface area contributed by atoms with Crippen LogP contribution < -0.4 is 4.72 Å². The maximum Gasteiger partial charge on any atom is 0.262 e. The van der Waals surface area contributed by atoms with Crippen molar-refractivity contribution in [2.45, 2.75) is 43.0 Å². The van der Waals surface area contributed by atoms with Crippen LogP contribution in [0.1, 0.15) is 52.8 Å². The molecule has 166 valence electrons. The number of halogens is 1. The fourth-order valence-electron chi connectivity index (χ4n) is 3.94. The van der Waals surface area contributed by atoms with Crippen LogP contribution in [0, 0.1) is 0 Å². The molecule has 0 saturated heterocycles. The smallest absolute Gasteiger partial charge is 0.262 e. The number of anilines is 1. The molecule has 2 aromatic carbocycles. The number of imide groups is 1. The first-order valence-corrected chi connectivity index (χ1v) is 11.9. The summed E-state index contributed by atoms with van der Waals surface area (Å²) in [5, 5.41) is 0.251. The molecule has 0 bridgehead atoms. The summed E-state index contributed by atoms with van der Waals surface area (Å²) in [6.45, 7) is 0. The lowest BCUT2D eigenvalue weighted by Gasteiger charge is -2.26. The summed E-state index contributed by atoms with van der Waals surface area (Å²) in [6, 6.07) is 8.70. The van der Waals surface area contributed by atoms with Crippen LogP contribution in [-0.4, -0.2) is 42.7 Å². The third-order valence-corrected chi connectivity index (χ3v) is 7.15. The number of fused-ring (bicyclic) bond motifs is 1. The van der Waals surface area contributed by atoms with Crippen molar-refractivity contribution < 1.29 is 27.6 Å². The van der Waals surface area contributed by atoms with E-state index in [1.54, 1.807) is 6.07 Å². The molecule has 1 saturated carbocycles. The minimum absolute atomic E-state index is 0.00230. The summed E-state index contributed by atoms with van der Waals surface area (Å²) in [7, 11) is -3.98. The van der Waals surface area contributed by atoms with Crippen molar-refractivity contribution in [2.75, 3.05) is 4.72 Å². The Balaban J connectivity index is 1.61. The fraction of sp³-hybridized carbons (Fsp3) is 0.273. The Labute approximate surface area is 189 Å². The number of Topliss-reactive ketones (excluding diaryl/α,β-unsaturated/α-hetero) is 2. The summed E-state index contributed by atoms with van der Waals surface area (Å²) in [5.41, 5.74) is 0.176. The quantitative estimate of drug-likeness (QED) is 0.680. The molecule has 10 heteroatoms. The third kappa shape index (κ3) is 4.18. The predicted octanol–water partition coefficient (Wildman–Crippen LogP) is 3.21. The summed E-state index contributed by atoms with van der Waals surface area (Å²) in [6.07, 6.45) is 1.05. The second kappa shape index (κ2) is 8.48. The van der Waals surface area contributed by atoms with Gasteiger partial charge in [0.25, 0.3) is 21.8 Å². The molecular formula is C22H19ClN2O6S. The molecule has 1 fully saturated rings. The Morgan fingerprint density at radius 3 is 2.41 bits per heavy atom. The molecule has 2 aliphatic rings. The molecule has 0 aromatic heterocycles. The Hall–Kier alpha value is -3.04. The molecule has 2 amide bonds. The zero-order chi connectivity index (χ0) is 23.0. The average Bonchev–Trinajstić information content (AvgIpc) is 2.97. The number of carbonyl (C=O) groups excluding carboxylic acids is 4. The third-order valence-electron chi connectivity index (χ3n) is 5.54. The minimum Gasteiger partial charge on any atom is -0.300 e. The first-order valence-electron chi connectivity index (χ1n) is 10.0. The van der Waals surface area contributed by atoms with Crippen molar-refractivity contribution in [3.63, 3.8) is 0 Å². The number of benzene rings is 2. The van der Waals surface area contributed by atoms with Gasteiger partial charge in [-0.3, -0.25) is 28.8 Å². The van der Waals surface area contributed by atoms with Gasteiger partial charge in [0.05, 0.1) is 22.1 Å². The average molecular weight is 475 g/mol. The first-order chi connectivity index (χ1) is 15.2. The van der Waals surface area contributed by atoms with Crippen LogP contribution in [0.15, 0.2) is 47.4 Å². The summed E-state index contributed by atoms with van der Waals surface area (Å²) in [4.78, 5) is 51.2. The maximum atomic E-state index is 13.0. The van der Waals surface area contributed by atoms with E-state index in [1.807, 2.05) is 0 Å². The zero-order valence-electron chi connectivity index (χ0n) is 16.8. The van der Waals surface area contributed by atoms with Gasteiger partial charge in [-0.1, -0.05) is 17.7 Å². The van der Waals surface area contributed by atoms with Crippen molar-refractivity contribution in [3.05, 3.63) is 58.6 Å². The minimum atomic E-state index is -3.98. The number of nitrogens with zero attached hydrogens (tertiary/aromatic N) is 1. The Morgan fingerprint density at radius 2 is 1.66 bits per heavy atom. The summed E-state index contributed by atoms with van der Waals surface area (Å²) in [5.74, 6) is -1.56. The van der Waals surface area contributed by atoms with E-state index in [9.17, 15) is 27.6 Å². The van der Waals surface area contributed by atoms with Gasteiger partial charge >= 0.3 is 0 Å². The highest BCUT2D eigenvalue weighted by Crippen LogP contribution is 2.31. The summed E-state index contributed by atoms with van der Waals surface area (Å²) < 4.78 is 27.7. The van der Waals surface area contributed by atoms with Gasteiger partial charge in [-0.05, 0) is 49.2 Å². The van der Waals surface area contributed by atoms with Crippen molar-refractivity contribution in [2.24, 2.45) is 0 Å². The van der Waals surface area contributed by atoms with Gasteiger partial charge in [-0.2, -0.15) is 0 Å². The molecule has 1 aliphatic carbocycles. The predicted molar refractivity (Wildman–Crippen MR) is 116 cm³/mol. The second-order valence-electron chi connectivity index (χ2n) is 7.72. The van der Waals surface area contributed by atoms with Gasteiger partial charge in [-0.15, -0.1) is 0 Å². The number of hydrogen-bond donors (Lipinski definition) is 1. The largest absolute Gasteiger partial charge is 0.300 e. The number of nitrogens with one attached hydrogen (secondary N) is 1. The highest BCUT2D eigenvalue weighted by Gasteiger charge is 2.43. The molecular weight excluding hydrogens is 456 g/mol. The standard InChI is InChI=1S/C22H19ClN2O6S/c23-13-3-1-5-16(11-13)32(30,31)24-14-7-9-17-18(12-14)22(29)25(21(17)28)19-10-8-15(26)4-2-6-20(19)27/h1,3,5,7,9,11-12,19,24H,2,4,6,8,10H2. The fourth-order valence-corrected chi connectivity index (χ4v) is 5.29. The lowest BCUT2D eigenvalue weighted by atomic mass is 9.94. The number of carbonyl (C=O) groups is 4. The number of rotatable bonds is 4. The molecule has 1 heterocycles. The van der Waals surface area contributed by atoms with Gasteiger partial charge in [0.1, 0.15) is 5.78 Å². The number of sulfonamides is 1. The van der Waals surface area contributed by atoms with Gasteiger partial charge < -0.3 is 0 Å². The molecule has 2 aromatic rings. The van der Waals surface area contributed by atoms with E-state index in [0.29, 0.717) is 12.8 Å². The van der Waals surface area contributed by atoms with E-state index in [4.69, 9.17) is 11.6 Å². The van der Waals surface area contributed by atoms with Crippen LogP contribution in [0.25, 0.3) is 0 Å². The van der Waals surface area contributed by atoms with E-state index < -0.39 is 27.9 Å². The molecule has 1 N–H and O–H groups in total. The zero-order valence-corrected chi connectivity index (χ0v) is 18.4. The Morgan fingerprint density at radius 1 is 0.906 bits per heavy atom. The highest BCUT2D eigenvalue weighted by atomic mass is 35.5. The Bertz CT molecular complexity index is 1260. The van der Waals surface area contributed by atoms with Gasteiger partial charge in [0.2, 0.25) is 0 Å². The molecule has 0 radical (unpaired) electrons. The van der Waals surface area contributed by atoms with Gasteiger partial charge in [-0.25, -0.2) is 8.42 Å². The van der Waals surface area contributed by atoms with Crippen molar-refractivity contribution in [3.8, 4) is 0 Å². The summed E-state index contributed by atoms with van der Waals surface area (Å²) >= 11 is 5.87. The molecule has 0 spiro atoms. The van der Waals surface area contributed by atoms with E-state index in [1.165, 1.54) is 36.4 Å². The van der Waals surface area contributed by atoms with Crippen LogP contribution in [0.5, 0.6) is 0 Å². The van der Waals surface area contributed by atoms with Crippen LogP contribution >= 0.6 is 11.6 Å². The molecule has 4 rings (SSSR count). The topological polar surface area (TPSA) is 118 Å². The number of amides is 2. The van der Waals surface area contributed by atoms with Crippen LogP contribution in [0.3, 0.4) is 0 Å². The molecule has 32 heavy (non-hydrogen) atoms. The van der Waals surface area contributed by atoms with Crippen LogP contribution in [0.4, 0.5) is 5.69 Å². The van der Waals surface area contributed by atoms with Crippen molar-refractivity contribution in [1.82, 2.24) is 4.90 Å². The SMILES string of the molecule is O=C1CCCC(=O)C(N2C(=O)c3ccc(NS(=O)(=O)c4cccc(Cl)c4)cc3C2=O)CC1. The first kappa shape index (κ1) is 22.2. The number of hydrogen-bond acceptors (Lipinski definition) is 6. The van der Waals surface area contributed by atoms with E-state index in [2.05, 4.69) is 4.72 Å². The number of ketones is 2. The second-order valence-corrected chi connectivity index (χ2v) is 9.84.